The van der Waals surface area contributed by atoms with Gasteiger partial charge in [0.2, 0.25) is 11.7 Å². The summed E-state index contributed by atoms with van der Waals surface area (Å²) in [6, 6.07) is 46.1. The normalized spacial score (nSPS) is 10.4. The van der Waals surface area contributed by atoms with E-state index in [0.29, 0.717) is 16.3 Å². The number of rotatable bonds is 4. The van der Waals surface area contributed by atoms with Crippen molar-refractivity contribution in [1.82, 2.24) is 29.9 Å². The SMILES string of the molecule is CC.CC.CC.CC.CC.CC.CC.CC.CC.COc1ccc(C)cn1.Cc1ccc(C(F)(F)F)cc1.Cc1ccc(C)cc1.Cc1ccc(C)nc1.Cc1ccc(C2CC2)cc1.Cc1ccc(C2CC2)cc1.Cc1ccc(S(C)(=O)=O)cc1.Cc1cnc(C(F)(F)F)nc1.Cc1cnc(C)nc1. The average Bonchev–Trinajstić information content (AvgIpc) is 1.47. The fourth-order valence-electron chi connectivity index (χ4n) is 6.79. The zero-order chi connectivity index (χ0) is 82.0. The van der Waals surface area contributed by atoms with Crippen molar-refractivity contribution in [1.29, 1.82) is 0 Å². The summed E-state index contributed by atoms with van der Waals surface area (Å²) in [6.45, 7) is 59.6. The molecule has 9 nitrogen and oxygen atoms in total. The van der Waals surface area contributed by atoms with Crippen molar-refractivity contribution in [2.75, 3.05) is 13.4 Å². The summed E-state index contributed by atoms with van der Waals surface area (Å²) in [6.07, 6.45) is 7.71. The second kappa shape index (κ2) is 68.0. The number of halogens is 6. The molecular weight excluding hydrogens is 1340 g/mol. The maximum atomic E-state index is 11.9. The van der Waals surface area contributed by atoms with Crippen LogP contribution in [0.2, 0.25) is 0 Å². The number of alkyl halides is 6. The number of nitrogens with zero attached hydrogens (tertiary/aromatic N) is 6. The van der Waals surface area contributed by atoms with E-state index in [0.717, 1.165) is 70.1 Å². The lowest BCUT2D eigenvalue weighted by Crippen LogP contribution is -2.10. The highest BCUT2D eigenvalue weighted by Gasteiger charge is 2.34. The topological polar surface area (TPSA) is 121 Å². The number of hydrogen-bond donors (Lipinski definition) is 0. The van der Waals surface area contributed by atoms with Crippen molar-refractivity contribution in [3.63, 3.8) is 0 Å². The molecule has 0 N–H and O–H groups in total. The molecule has 4 heterocycles. The summed E-state index contributed by atoms with van der Waals surface area (Å²) in [5, 5.41) is 0. The zero-order valence-corrected chi connectivity index (χ0v) is 70.7. The molecule has 2 aliphatic carbocycles. The van der Waals surface area contributed by atoms with E-state index < -0.39 is 33.6 Å². The number of benzene rings is 5. The number of methoxy groups -OCH3 is 1. The lowest BCUT2D eigenvalue weighted by Gasteiger charge is -2.05. The molecule has 0 saturated heterocycles. The van der Waals surface area contributed by atoms with E-state index in [2.05, 4.69) is 136 Å². The molecule has 0 amide bonds. The highest BCUT2D eigenvalue weighted by molar-refractivity contribution is 7.90. The van der Waals surface area contributed by atoms with E-state index in [1.165, 1.54) is 83.0 Å². The molecule has 584 valence electrons. The van der Waals surface area contributed by atoms with Crippen molar-refractivity contribution in [3.8, 4) is 5.88 Å². The largest absolute Gasteiger partial charge is 0.481 e. The third-order valence-corrected chi connectivity index (χ3v) is 13.5. The van der Waals surface area contributed by atoms with Gasteiger partial charge in [0.1, 0.15) is 5.82 Å². The fourth-order valence-corrected chi connectivity index (χ4v) is 7.42. The van der Waals surface area contributed by atoms with Gasteiger partial charge in [-0.05, 0) is 184 Å². The van der Waals surface area contributed by atoms with Crippen molar-refractivity contribution in [2.45, 2.75) is 262 Å². The molecule has 0 radical (unpaired) electrons. The number of aryl methyl sites for hydroxylation is 12. The van der Waals surface area contributed by atoms with Crippen LogP contribution >= 0.6 is 0 Å². The minimum atomic E-state index is -4.44. The van der Waals surface area contributed by atoms with Crippen LogP contribution in [0.1, 0.15) is 252 Å². The zero-order valence-electron chi connectivity index (χ0n) is 69.9. The van der Waals surface area contributed by atoms with Crippen LogP contribution in [0.5, 0.6) is 5.88 Å². The molecule has 0 bridgehead atoms. The minimum absolute atomic E-state index is 0.378. The molecule has 0 atom stereocenters. The number of aromatic nitrogens is 6. The molecule has 4 aromatic heterocycles. The Labute approximate surface area is 630 Å². The van der Waals surface area contributed by atoms with Crippen molar-refractivity contribution in [3.05, 3.63) is 272 Å². The van der Waals surface area contributed by atoms with Gasteiger partial charge in [0, 0.05) is 55.2 Å². The van der Waals surface area contributed by atoms with Gasteiger partial charge in [-0.15, -0.1) is 0 Å². The van der Waals surface area contributed by atoms with Crippen molar-refractivity contribution >= 4 is 9.84 Å². The first-order valence-corrected chi connectivity index (χ1v) is 38.8. The molecule has 0 aliphatic heterocycles. The summed E-state index contributed by atoms with van der Waals surface area (Å²) < 4.78 is 97.9. The molecule has 16 heteroatoms. The van der Waals surface area contributed by atoms with Crippen LogP contribution in [-0.4, -0.2) is 51.7 Å². The van der Waals surface area contributed by atoms with Crippen molar-refractivity contribution in [2.24, 2.45) is 0 Å². The number of ether oxygens (including phenoxy) is 1. The fraction of sp³-hybridized carbons (Fsp3) is 0.455. The molecule has 9 aromatic rings. The number of pyridine rings is 2. The van der Waals surface area contributed by atoms with E-state index in [9.17, 15) is 34.8 Å². The third-order valence-electron chi connectivity index (χ3n) is 12.4. The maximum Gasteiger partial charge on any atom is 0.451 e. The van der Waals surface area contributed by atoms with Crippen LogP contribution in [0.25, 0.3) is 0 Å². The Bertz CT molecular complexity index is 3140. The van der Waals surface area contributed by atoms with Gasteiger partial charge in [-0.1, -0.05) is 267 Å². The second-order valence-corrected chi connectivity index (χ2v) is 23.2. The highest BCUT2D eigenvalue weighted by Crippen LogP contribution is 2.40. The summed E-state index contributed by atoms with van der Waals surface area (Å²) >= 11 is 0. The number of hydrogen-bond acceptors (Lipinski definition) is 9. The quantitative estimate of drug-likeness (QED) is 0.159. The van der Waals surface area contributed by atoms with Gasteiger partial charge < -0.3 is 4.74 Å². The van der Waals surface area contributed by atoms with Crippen LogP contribution < -0.4 is 4.74 Å². The Kier molecular flexibility index (Phi) is 71.5. The van der Waals surface area contributed by atoms with E-state index in [-0.39, 0.29) is 0 Å². The number of sulfone groups is 1. The summed E-state index contributed by atoms with van der Waals surface area (Å²) in [5.74, 6) is 2.21. The molecule has 2 aliphatic rings. The van der Waals surface area contributed by atoms with E-state index in [4.69, 9.17) is 4.74 Å². The first kappa shape index (κ1) is 109. The van der Waals surface area contributed by atoms with Gasteiger partial charge in [0.25, 0.3) is 0 Å². The van der Waals surface area contributed by atoms with Gasteiger partial charge in [0.05, 0.1) is 17.6 Å². The summed E-state index contributed by atoms with van der Waals surface area (Å²) in [4.78, 5) is 22.6. The Morgan fingerprint density at radius 1 is 0.317 bits per heavy atom. The van der Waals surface area contributed by atoms with Gasteiger partial charge in [-0.25, -0.2) is 33.3 Å². The standard InChI is InChI=1S/2C10H12.C8H7F3.C8H10O2S.C8H10.C7H9NO.C7H9N.C6H5F3N2.C6H8N2.9C2H6/c2*1-8-2-4-9(5-3-8)10-6-7-10;1-6-2-4-7(5-3-6)8(9,10)11;1-7-3-5-8(6-4-7)11(2,9)10;1-7-3-5-8(2)6-4-7;1-6-3-4-7(9-2)8-5-6;1-6-3-4-7(2)8-5-6;1-4-2-10-5(11-3-4)6(7,8)9;1-5-3-7-6(2)8-4-5;9*1-2/h2*2-5,10H,6-7H2,1H3;2-5H,1H3;3-6H,1-2H3;3-6H,1-2H3;3-5H,1-2H3;3-5H,1-2H3;2-3H,1H3;3-4H,1-2H3;9*1-2H3. The summed E-state index contributed by atoms with van der Waals surface area (Å²) in [7, 11) is -1.41. The molecule has 11 rings (SSSR count). The Morgan fingerprint density at radius 2 is 0.577 bits per heavy atom. The first-order chi connectivity index (χ1) is 49.4. The average molecular weight is 1470 g/mol. The first-order valence-electron chi connectivity index (χ1n) is 37.0. The van der Waals surface area contributed by atoms with Gasteiger partial charge in [0.15, 0.2) is 9.84 Å². The maximum absolute atomic E-state index is 11.9. The van der Waals surface area contributed by atoms with E-state index >= 15 is 0 Å². The molecule has 104 heavy (non-hydrogen) atoms. The van der Waals surface area contributed by atoms with Crippen LogP contribution in [0.4, 0.5) is 26.3 Å². The lowest BCUT2D eigenvalue weighted by molar-refractivity contribution is -0.145. The Hall–Kier alpha value is -8.11. The molecule has 5 aromatic carbocycles. The molecule has 2 fully saturated rings. The monoisotopic (exact) mass is 1470 g/mol. The predicted octanol–water partition coefficient (Wildman–Crippen LogP) is 27.7. The van der Waals surface area contributed by atoms with Gasteiger partial charge in [-0.3, -0.25) is 4.98 Å². The molecule has 0 spiro atoms. The Morgan fingerprint density at radius 3 is 0.808 bits per heavy atom. The molecular formula is C88H136F6N6O3S. The van der Waals surface area contributed by atoms with Crippen LogP contribution in [0.15, 0.2) is 188 Å². The van der Waals surface area contributed by atoms with Crippen LogP contribution in [0, 0.1) is 83.1 Å². The van der Waals surface area contributed by atoms with Gasteiger partial charge >= 0.3 is 12.4 Å². The van der Waals surface area contributed by atoms with Crippen molar-refractivity contribution < 1.29 is 39.5 Å². The Balaban J connectivity index is -0.000000198. The smallest absolute Gasteiger partial charge is 0.451 e. The highest BCUT2D eigenvalue weighted by atomic mass is 32.2. The second-order valence-electron chi connectivity index (χ2n) is 21.2. The molecule has 2 saturated carbocycles. The lowest BCUT2D eigenvalue weighted by atomic mass is 10.1. The third kappa shape index (κ3) is 60.3. The molecule has 0 unspecified atom stereocenters. The van der Waals surface area contributed by atoms with Gasteiger partial charge in [-0.2, -0.15) is 26.3 Å². The van der Waals surface area contributed by atoms with E-state index in [1.54, 1.807) is 51.4 Å². The van der Waals surface area contributed by atoms with E-state index in [1.807, 2.05) is 203 Å². The van der Waals surface area contributed by atoms with Crippen LogP contribution in [0.3, 0.4) is 0 Å². The predicted molar refractivity (Wildman–Crippen MR) is 437 cm³/mol. The van der Waals surface area contributed by atoms with Crippen LogP contribution in [-0.2, 0) is 22.2 Å². The minimum Gasteiger partial charge on any atom is -0.481 e. The summed E-state index contributed by atoms with van der Waals surface area (Å²) in [5.41, 5.74) is 14.9.